The van der Waals surface area contributed by atoms with Crippen LogP contribution in [-0.2, 0) is 4.79 Å². The Kier molecular flexibility index (Phi) is 4.02. The van der Waals surface area contributed by atoms with Gasteiger partial charge in [-0.25, -0.2) is 0 Å². The maximum absolute atomic E-state index is 12.4. The van der Waals surface area contributed by atoms with Crippen LogP contribution >= 0.6 is 0 Å². The monoisotopic (exact) mass is 314 g/mol. The average Bonchev–Trinajstić information content (AvgIpc) is 3.38. The summed E-state index contributed by atoms with van der Waals surface area (Å²) in [5, 5.41) is 6.54. The summed E-state index contributed by atoms with van der Waals surface area (Å²) in [6.07, 6.45) is 6.15. The summed E-state index contributed by atoms with van der Waals surface area (Å²) in [7, 11) is 0. The zero-order chi connectivity index (χ0) is 15.7. The number of fused-ring (bicyclic) bond motifs is 1. The number of ether oxygens (including phenoxy) is 1. The van der Waals surface area contributed by atoms with Gasteiger partial charge in [0.15, 0.2) is 0 Å². The molecule has 1 amide bonds. The zero-order valence-electron chi connectivity index (χ0n) is 13.6. The number of carbonyl (C=O) groups is 1. The number of hydrogen-bond donors (Lipinski definition) is 2. The molecule has 3 aliphatic rings. The normalized spacial score (nSPS) is 25.5. The van der Waals surface area contributed by atoms with Crippen molar-refractivity contribution in [1.29, 1.82) is 0 Å². The van der Waals surface area contributed by atoms with Crippen LogP contribution in [0.15, 0.2) is 24.3 Å². The number of piperidine rings is 1. The van der Waals surface area contributed by atoms with Crippen molar-refractivity contribution in [3.8, 4) is 5.75 Å². The number of amides is 1. The minimum Gasteiger partial charge on any atom is -0.487 e. The highest BCUT2D eigenvalue weighted by atomic mass is 16.5. The van der Waals surface area contributed by atoms with Gasteiger partial charge in [0.1, 0.15) is 11.4 Å². The van der Waals surface area contributed by atoms with Crippen LogP contribution in [0.5, 0.6) is 5.75 Å². The molecule has 0 bridgehead atoms. The maximum atomic E-state index is 12.4. The summed E-state index contributed by atoms with van der Waals surface area (Å²) < 4.78 is 6.41. The van der Waals surface area contributed by atoms with Crippen molar-refractivity contribution >= 4 is 5.91 Å². The zero-order valence-corrected chi connectivity index (χ0v) is 13.6. The molecular weight excluding hydrogens is 288 g/mol. The Labute approximate surface area is 138 Å². The predicted molar refractivity (Wildman–Crippen MR) is 89.6 cm³/mol. The lowest BCUT2D eigenvalue weighted by molar-refractivity contribution is -0.122. The largest absolute Gasteiger partial charge is 0.487 e. The highest BCUT2D eigenvalue weighted by molar-refractivity contribution is 5.77. The van der Waals surface area contributed by atoms with E-state index in [0.717, 1.165) is 50.6 Å². The SMILES string of the molecule is O=C(CC1CC2(CCNCC2)Oc2ccccc21)NCC1CC1. The van der Waals surface area contributed by atoms with Crippen LogP contribution in [0.2, 0.25) is 0 Å². The van der Waals surface area contributed by atoms with E-state index in [0.29, 0.717) is 6.42 Å². The van der Waals surface area contributed by atoms with Gasteiger partial charge < -0.3 is 15.4 Å². The summed E-state index contributed by atoms with van der Waals surface area (Å²) in [5.74, 6) is 2.19. The van der Waals surface area contributed by atoms with Crippen LogP contribution in [0, 0.1) is 5.92 Å². The molecule has 1 spiro atoms. The average molecular weight is 314 g/mol. The van der Waals surface area contributed by atoms with Gasteiger partial charge in [0.05, 0.1) is 0 Å². The van der Waals surface area contributed by atoms with Crippen LogP contribution in [0.4, 0.5) is 0 Å². The van der Waals surface area contributed by atoms with Crippen molar-refractivity contribution in [2.75, 3.05) is 19.6 Å². The molecular formula is C19H26N2O2. The Hall–Kier alpha value is -1.55. The number of para-hydroxylation sites is 1. The number of benzene rings is 1. The third kappa shape index (κ3) is 3.37. The van der Waals surface area contributed by atoms with E-state index in [1.54, 1.807) is 0 Å². The maximum Gasteiger partial charge on any atom is 0.220 e. The minimum atomic E-state index is -0.0823. The molecule has 1 unspecified atom stereocenters. The van der Waals surface area contributed by atoms with Crippen LogP contribution in [-0.4, -0.2) is 31.1 Å². The third-order valence-corrected chi connectivity index (χ3v) is 5.54. The van der Waals surface area contributed by atoms with Crippen LogP contribution in [0.1, 0.15) is 50.0 Å². The summed E-state index contributed by atoms with van der Waals surface area (Å²) in [6, 6.07) is 8.27. The van der Waals surface area contributed by atoms with E-state index in [9.17, 15) is 4.79 Å². The standard InChI is InChI=1S/C19H26N2O2/c22-18(21-13-14-5-6-14)11-15-12-19(7-9-20-10-8-19)23-17-4-2-1-3-16(15)17/h1-4,14-15,20H,5-13H2,(H,21,22). The van der Waals surface area contributed by atoms with Gasteiger partial charge in [-0.3, -0.25) is 4.79 Å². The number of rotatable bonds is 4. The molecule has 1 aliphatic carbocycles. The molecule has 2 heterocycles. The van der Waals surface area contributed by atoms with E-state index in [1.807, 2.05) is 6.07 Å². The molecule has 0 aromatic heterocycles. The summed E-state index contributed by atoms with van der Waals surface area (Å²) in [6.45, 7) is 2.87. The van der Waals surface area contributed by atoms with Crippen molar-refractivity contribution in [3.63, 3.8) is 0 Å². The first-order valence-electron chi connectivity index (χ1n) is 8.99. The van der Waals surface area contributed by atoms with Crippen molar-refractivity contribution < 1.29 is 9.53 Å². The van der Waals surface area contributed by atoms with E-state index in [2.05, 4.69) is 28.8 Å². The van der Waals surface area contributed by atoms with Gasteiger partial charge in [-0.15, -0.1) is 0 Å². The first-order valence-corrected chi connectivity index (χ1v) is 8.99. The van der Waals surface area contributed by atoms with E-state index in [1.165, 1.54) is 18.4 Å². The van der Waals surface area contributed by atoms with Gasteiger partial charge in [-0.2, -0.15) is 0 Å². The first kappa shape index (κ1) is 15.0. The minimum absolute atomic E-state index is 0.0823. The van der Waals surface area contributed by atoms with Crippen molar-refractivity contribution in [1.82, 2.24) is 10.6 Å². The van der Waals surface area contributed by atoms with E-state index in [4.69, 9.17) is 4.74 Å². The molecule has 23 heavy (non-hydrogen) atoms. The fourth-order valence-electron chi connectivity index (χ4n) is 3.99. The lowest BCUT2D eigenvalue weighted by Crippen LogP contribution is -2.49. The molecule has 1 aromatic carbocycles. The first-order chi connectivity index (χ1) is 11.2. The quantitative estimate of drug-likeness (QED) is 0.898. The third-order valence-electron chi connectivity index (χ3n) is 5.54. The van der Waals surface area contributed by atoms with Gasteiger partial charge >= 0.3 is 0 Å². The van der Waals surface area contributed by atoms with Crippen LogP contribution in [0.25, 0.3) is 0 Å². The van der Waals surface area contributed by atoms with E-state index in [-0.39, 0.29) is 17.4 Å². The Morgan fingerprint density at radius 2 is 2.04 bits per heavy atom. The van der Waals surface area contributed by atoms with Crippen molar-refractivity contribution in [2.45, 2.75) is 50.0 Å². The van der Waals surface area contributed by atoms with Crippen molar-refractivity contribution in [2.24, 2.45) is 5.92 Å². The molecule has 4 rings (SSSR count). The highest BCUT2D eigenvalue weighted by Gasteiger charge is 2.42. The molecule has 4 nitrogen and oxygen atoms in total. The Bertz CT molecular complexity index is 576. The molecule has 124 valence electrons. The van der Waals surface area contributed by atoms with Crippen LogP contribution < -0.4 is 15.4 Å². The van der Waals surface area contributed by atoms with Gasteiger partial charge in [-0.1, -0.05) is 18.2 Å². The summed E-state index contributed by atoms with van der Waals surface area (Å²) in [4.78, 5) is 12.4. The van der Waals surface area contributed by atoms with Gasteiger partial charge in [0.25, 0.3) is 0 Å². The lowest BCUT2D eigenvalue weighted by Gasteiger charge is -2.44. The van der Waals surface area contributed by atoms with Crippen LogP contribution in [0.3, 0.4) is 0 Å². The Morgan fingerprint density at radius 1 is 1.26 bits per heavy atom. The number of nitrogens with one attached hydrogen (secondary N) is 2. The Morgan fingerprint density at radius 3 is 2.83 bits per heavy atom. The fraction of sp³-hybridized carbons (Fsp3) is 0.632. The topological polar surface area (TPSA) is 50.4 Å². The number of hydrogen-bond acceptors (Lipinski definition) is 3. The molecule has 1 saturated heterocycles. The second kappa shape index (κ2) is 6.16. The molecule has 4 heteroatoms. The molecule has 1 saturated carbocycles. The summed E-state index contributed by atoms with van der Waals surface area (Å²) in [5.41, 5.74) is 1.12. The molecule has 2 N–H and O–H groups in total. The van der Waals surface area contributed by atoms with Crippen molar-refractivity contribution in [3.05, 3.63) is 29.8 Å². The second-order valence-corrected chi connectivity index (χ2v) is 7.43. The van der Waals surface area contributed by atoms with E-state index < -0.39 is 0 Å². The Balaban J connectivity index is 1.50. The smallest absolute Gasteiger partial charge is 0.220 e. The van der Waals surface area contributed by atoms with E-state index >= 15 is 0 Å². The molecule has 2 fully saturated rings. The van der Waals surface area contributed by atoms with Gasteiger partial charge in [0, 0.05) is 18.9 Å². The molecule has 0 radical (unpaired) electrons. The summed E-state index contributed by atoms with van der Waals surface area (Å²) >= 11 is 0. The van der Waals surface area contributed by atoms with Gasteiger partial charge in [0.2, 0.25) is 5.91 Å². The lowest BCUT2D eigenvalue weighted by atomic mass is 9.76. The number of carbonyl (C=O) groups excluding carboxylic acids is 1. The second-order valence-electron chi connectivity index (χ2n) is 7.43. The predicted octanol–water partition coefficient (Wildman–Crippen LogP) is 2.59. The van der Waals surface area contributed by atoms with Gasteiger partial charge in [-0.05, 0) is 62.7 Å². The highest BCUT2D eigenvalue weighted by Crippen LogP contribution is 2.45. The molecule has 1 atom stereocenters. The molecule has 2 aliphatic heterocycles. The fourth-order valence-corrected chi connectivity index (χ4v) is 3.99. The molecule has 1 aromatic rings.